The first-order valence-electron chi connectivity index (χ1n) is 6.24. The van der Waals surface area contributed by atoms with Gasteiger partial charge in [-0.1, -0.05) is 6.07 Å². The minimum Gasteiger partial charge on any atom is -0.325 e. The molecule has 1 atom stereocenters. The summed E-state index contributed by atoms with van der Waals surface area (Å²) in [5.41, 5.74) is 0.936. The SMILES string of the molecule is Cc1ccc(NC(=O)CS[C@H]2CCS(=O)(=O)C2)cc1F. The fourth-order valence-electron chi connectivity index (χ4n) is 1.95. The van der Waals surface area contributed by atoms with Crippen LogP contribution in [0.15, 0.2) is 18.2 Å². The zero-order chi connectivity index (χ0) is 14.8. The van der Waals surface area contributed by atoms with Gasteiger partial charge in [-0.15, -0.1) is 11.8 Å². The van der Waals surface area contributed by atoms with E-state index in [4.69, 9.17) is 0 Å². The molecule has 1 saturated heterocycles. The number of carbonyl (C=O) groups excluding carboxylic acids is 1. The van der Waals surface area contributed by atoms with E-state index in [0.29, 0.717) is 17.7 Å². The Bertz CT molecular complexity index is 616. The molecular formula is C13H16FNO3S2. The molecule has 1 amide bonds. The number of carbonyl (C=O) groups is 1. The largest absolute Gasteiger partial charge is 0.325 e. The molecule has 0 radical (unpaired) electrons. The third-order valence-corrected chi connectivity index (χ3v) is 6.38. The normalized spacial score (nSPS) is 20.8. The van der Waals surface area contributed by atoms with Crippen LogP contribution in [0, 0.1) is 12.7 Å². The van der Waals surface area contributed by atoms with Crippen LogP contribution in [0.4, 0.5) is 10.1 Å². The second-order valence-electron chi connectivity index (χ2n) is 4.85. The zero-order valence-electron chi connectivity index (χ0n) is 11.1. The van der Waals surface area contributed by atoms with E-state index < -0.39 is 9.84 Å². The smallest absolute Gasteiger partial charge is 0.234 e. The molecule has 0 aliphatic carbocycles. The van der Waals surface area contributed by atoms with E-state index in [0.717, 1.165) is 0 Å². The standard InChI is InChI=1S/C13H16FNO3S2/c1-9-2-3-10(6-12(9)14)15-13(16)7-19-11-4-5-20(17,18)8-11/h2-3,6,11H,4-5,7-8H2,1H3,(H,15,16)/t11-/m0/s1. The molecule has 4 nitrogen and oxygen atoms in total. The summed E-state index contributed by atoms with van der Waals surface area (Å²) < 4.78 is 35.9. The Balaban J connectivity index is 1.82. The van der Waals surface area contributed by atoms with Gasteiger partial charge in [-0.3, -0.25) is 4.79 Å². The molecule has 1 aromatic carbocycles. The fraction of sp³-hybridized carbons (Fsp3) is 0.462. The van der Waals surface area contributed by atoms with Crippen molar-refractivity contribution < 1.29 is 17.6 Å². The number of halogens is 1. The number of aryl methyl sites for hydroxylation is 1. The maximum Gasteiger partial charge on any atom is 0.234 e. The number of sulfone groups is 1. The van der Waals surface area contributed by atoms with Crippen molar-refractivity contribution in [3.05, 3.63) is 29.6 Å². The summed E-state index contributed by atoms with van der Waals surface area (Å²) >= 11 is 1.34. The van der Waals surface area contributed by atoms with Gasteiger partial charge in [-0.05, 0) is 31.0 Å². The van der Waals surface area contributed by atoms with E-state index in [9.17, 15) is 17.6 Å². The predicted molar refractivity (Wildman–Crippen MR) is 79.3 cm³/mol. The topological polar surface area (TPSA) is 63.2 Å². The molecular weight excluding hydrogens is 301 g/mol. The van der Waals surface area contributed by atoms with Gasteiger partial charge in [-0.2, -0.15) is 0 Å². The second-order valence-corrected chi connectivity index (χ2v) is 8.37. The van der Waals surface area contributed by atoms with Crippen molar-refractivity contribution in [1.29, 1.82) is 0 Å². The molecule has 0 spiro atoms. The lowest BCUT2D eigenvalue weighted by Gasteiger charge is -2.09. The Hall–Kier alpha value is -1.08. The first-order chi connectivity index (χ1) is 9.35. The summed E-state index contributed by atoms with van der Waals surface area (Å²) in [7, 11) is -2.91. The summed E-state index contributed by atoms with van der Waals surface area (Å²) in [4.78, 5) is 11.7. The van der Waals surface area contributed by atoms with E-state index >= 15 is 0 Å². The Morgan fingerprint density at radius 2 is 2.25 bits per heavy atom. The van der Waals surface area contributed by atoms with Crippen LogP contribution < -0.4 is 5.32 Å². The van der Waals surface area contributed by atoms with Crippen molar-refractivity contribution in [2.75, 3.05) is 22.6 Å². The minimum absolute atomic E-state index is 0.0134. The van der Waals surface area contributed by atoms with Gasteiger partial charge in [0.25, 0.3) is 0 Å². The highest BCUT2D eigenvalue weighted by Crippen LogP contribution is 2.24. The van der Waals surface area contributed by atoms with E-state index in [2.05, 4.69) is 5.32 Å². The Morgan fingerprint density at radius 1 is 1.50 bits per heavy atom. The fourth-order valence-corrected chi connectivity index (χ4v) is 5.40. The maximum atomic E-state index is 13.3. The zero-order valence-corrected chi connectivity index (χ0v) is 12.7. The van der Waals surface area contributed by atoms with Gasteiger partial charge in [0.2, 0.25) is 5.91 Å². The number of amides is 1. The van der Waals surface area contributed by atoms with Gasteiger partial charge in [0.1, 0.15) is 5.82 Å². The van der Waals surface area contributed by atoms with Crippen molar-refractivity contribution >= 4 is 33.2 Å². The first kappa shape index (κ1) is 15.3. The minimum atomic E-state index is -2.91. The van der Waals surface area contributed by atoms with Crippen molar-refractivity contribution in [3.8, 4) is 0 Å². The third kappa shape index (κ3) is 4.21. The van der Waals surface area contributed by atoms with Crippen molar-refractivity contribution in [2.45, 2.75) is 18.6 Å². The molecule has 1 N–H and O–H groups in total. The van der Waals surface area contributed by atoms with Crippen LogP contribution in [0.5, 0.6) is 0 Å². The second kappa shape index (κ2) is 6.13. The molecule has 0 unspecified atom stereocenters. The first-order valence-corrected chi connectivity index (χ1v) is 9.11. The van der Waals surface area contributed by atoms with Gasteiger partial charge in [0, 0.05) is 10.9 Å². The van der Waals surface area contributed by atoms with E-state index in [1.165, 1.54) is 17.8 Å². The number of benzene rings is 1. The Kier molecular flexibility index (Phi) is 4.70. The number of thioether (sulfide) groups is 1. The van der Waals surface area contributed by atoms with Gasteiger partial charge in [-0.25, -0.2) is 12.8 Å². The molecule has 110 valence electrons. The summed E-state index contributed by atoms with van der Waals surface area (Å²) in [5, 5.41) is 2.59. The molecule has 1 aliphatic heterocycles. The predicted octanol–water partition coefficient (Wildman–Crippen LogP) is 1.99. The lowest BCUT2D eigenvalue weighted by molar-refractivity contribution is -0.113. The molecule has 0 saturated carbocycles. The van der Waals surface area contributed by atoms with Gasteiger partial charge in [0.05, 0.1) is 17.3 Å². The average Bonchev–Trinajstić information content (AvgIpc) is 2.71. The highest BCUT2D eigenvalue weighted by molar-refractivity contribution is 8.02. The third-order valence-electron chi connectivity index (χ3n) is 3.10. The van der Waals surface area contributed by atoms with Crippen LogP contribution in [0.3, 0.4) is 0 Å². The number of nitrogens with one attached hydrogen (secondary N) is 1. The van der Waals surface area contributed by atoms with Gasteiger partial charge >= 0.3 is 0 Å². The van der Waals surface area contributed by atoms with Crippen molar-refractivity contribution in [3.63, 3.8) is 0 Å². The summed E-state index contributed by atoms with van der Waals surface area (Å²) in [6, 6.07) is 4.51. The van der Waals surface area contributed by atoms with E-state index in [-0.39, 0.29) is 34.2 Å². The molecule has 2 rings (SSSR count). The molecule has 20 heavy (non-hydrogen) atoms. The van der Waals surface area contributed by atoms with Crippen LogP contribution in [0.2, 0.25) is 0 Å². The summed E-state index contributed by atoms with van der Waals surface area (Å²) in [6.07, 6.45) is 0.597. The molecule has 7 heteroatoms. The van der Waals surface area contributed by atoms with Gasteiger partial charge < -0.3 is 5.32 Å². The van der Waals surface area contributed by atoms with Crippen LogP contribution >= 0.6 is 11.8 Å². The quantitative estimate of drug-likeness (QED) is 0.922. The average molecular weight is 317 g/mol. The molecule has 1 fully saturated rings. The van der Waals surface area contributed by atoms with E-state index in [1.807, 2.05) is 0 Å². The van der Waals surface area contributed by atoms with Crippen molar-refractivity contribution in [2.24, 2.45) is 0 Å². The van der Waals surface area contributed by atoms with E-state index in [1.54, 1.807) is 19.1 Å². The number of rotatable bonds is 4. The van der Waals surface area contributed by atoms with Crippen molar-refractivity contribution in [1.82, 2.24) is 0 Å². The monoisotopic (exact) mass is 317 g/mol. The summed E-state index contributed by atoms with van der Waals surface area (Å²) in [6.45, 7) is 1.65. The lowest BCUT2D eigenvalue weighted by Crippen LogP contribution is -2.17. The van der Waals surface area contributed by atoms with Crippen LogP contribution in [-0.4, -0.2) is 36.8 Å². The van der Waals surface area contributed by atoms with Crippen LogP contribution in [-0.2, 0) is 14.6 Å². The molecule has 1 heterocycles. The highest BCUT2D eigenvalue weighted by atomic mass is 32.2. The molecule has 1 aliphatic rings. The Labute approximate surface area is 122 Å². The molecule has 1 aromatic rings. The molecule has 0 bridgehead atoms. The number of hydrogen-bond acceptors (Lipinski definition) is 4. The molecule has 0 aromatic heterocycles. The lowest BCUT2D eigenvalue weighted by atomic mass is 10.2. The van der Waals surface area contributed by atoms with Gasteiger partial charge in [0.15, 0.2) is 9.84 Å². The van der Waals surface area contributed by atoms with Crippen LogP contribution in [0.1, 0.15) is 12.0 Å². The summed E-state index contributed by atoms with van der Waals surface area (Å²) in [5.74, 6) is -0.0881. The maximum absolute atomic E-state index is 13.3. The highest BCUT2D eigenvalue weighted by Gasteiger charge is 2.28. The number of anilines is 1. The number of hydrogen-bond donors (Lipinski definition) is 1. The van der Waals surface area contributed by atoms with Crippen LogP contribution in [0.25, 0.3) is 0 Å². The Morgan fingerprint density at radius 3 is 2.85 bits per heavy atom.